The summed E-state index contributed by atoms with van der Waals surface area (Å²) in [5.74, 6) is -0.628. The summed E-state index contributed by atoms with van der Waals surface area (Å²) in [6, 6.07) is 3.05. The maximum absolute atomic E-state index is 13.2. The zero-order chi connectivity index (χ0) is 20.9. The third kappa shape index (κ3) is 3.02. The summed E-state index contributed by atoms with van der Waals surface area (Å²) in [5, 5.41) is 11.2. The minimum atomic E-state index is -1.97. The van der Waals surface area contributed by atoms with Gasteiger partial charge in [-0.3, -0.25) is 4.79 Å². The lowest BCUT2D eigenvalue weighted by Gasteiger charge is -2.59. The Morgan fingerprint density at radius 1 is 1.25 bits per heavy atom. The third-order valence-corrected chi connectivity index (χ3v) is 12.7. The summed E-state index contributed by atoms with van der Waals surface area (Å²) in [6.07, 6.45) is 2.05. The van der Waals surface area contributed by atoms with E-state index >= 15 is 0 Å². The van der Waals surface area contributed by atoms with Crippen LogP contribution in [0.5, 0.6) is 0 Å². The van der Waals surface area contributed by atoms with Crippen LogP contribution in [0.3, 0.4) is 0 Å². The van der Waals surface area contributed by atoms with Gasteiger partial charge in [0.15, 0.2) is 8.32 Å². The van der Waals surface area contributed by atoms with E-state index in [9.17, 15) is 9.90 Å². The molecule has 0 radical (unpaired) electrons. The highest BCUT2D eigenvalue weighted by molar-refractivity contribution is 6.73. The lowest BCUT2D eigenvalue weighted by molar-refractivity contribution is -0.239. The van der Waals surface area contributed by atoms with Crippen molar-refractivity contribution in [1.29, 1.82) is 0 Å². The molecule has 0 amide bonds. The van der Waals surface area contributed by atoms with Crippen LogP contribution >= 0.6 is 0 Å². The fraction of sp³-hybridized carbons (Fsp3) is 0.864. The van der Waals surface area contributed by atoms with Gasteiger partial charge < -0.3 is 19.0 Å². The molecule has 2 aliphatic carbocycles. The maximum Gasteiger partial charge on any atom is 0.312 e. The van der Waals surface area contributed by atoms with Crippen LogP contribution in [-0.2, 0) is 18.7 Å². The summed E-state index contributed by atoms with van der Waals surface area (Å²) in [5.41, 5.74) is 0.000823. The second-order valence-corrected chi connectivity index (χ2v) is 14.4. The van der Waals surface area contributed by atoms with E-state index in [2.05, 4.69) is 40.7 Å². The van der Waals surface area contributed by atoms with Gasteiger partial charge in [-0.25, -0.2) is 0 Å². The molecule has 0 unspecified atom stereocenters. The molecule has 6 atom stereocenters. The molecule has 0 aromatic carbocycles. The lowest BCUT2D eigenvalue weighted by atomic mass is 9.47. The van der Waals surface area contributed by atoms with E-state index in [1.807, 2.05) is 6.92 Å². The molecular weight excluding hydrogens is 372 g/mol. The first-order valence-corrected chi connectivity index (χ1v) is 13.4. The van der Waals surface area contributed by atoms with Crippen molar-refractivity contribution in [2.45, 2.75) is 96.4 Å². The number of carbonyl (C=O) groups is 1. The van der Waals surface area contributed by atoms with Gasteiger partial charge in [0.05, 0.1) is 18.1 Å². The molecule has 28 heavy (non-hydrogen) atoms. The van der Waals surface area contributed by atoms with Crippen LogP contribution in [0.15, 0.2) is 11.6 Å². The van der Waals surface area contributed by atoms with Crippen LogP contribution in [-0.4, -0.2) is 50.4 Å². The predicted octanol–water partition coefficient (Wildman–Crippen LogP) is 4.06. The Balaban J connectivity index is 2.10. The van der Waals surface area contributed by atoms with Crippen LogP contribution < -0.4 is 0 Å². The number of ether oxygens (including phenoxy) is 2. The van der Waals surface area contributed by atoms with Crippen molar-refractivity contribution in [3.8, 4) is 0 Å². The lowest BCUT2D eigenvalue weighted by Crippen LogP contribution is -2.68. The highest BCUT2D eigenvalue weighted by atomic mass is 28.4. The van der Waals surface area contributed by atoms with Gasteiger partial charge in [0.2, 0.25) is 0 Å². The molecule has 2 fully saturated rings. The van der Waals surface area contributed by atoms with Crippen LogP contribution in [0.4, 0.5) is 0 Å². The summed E-state index contributed by atoms with van der Waals surface area (Å²) < 4.78 is 18.8. The van der Waals surface area contributed by atoms with E-state index in [1.54, 1.807) is 7.11 Å². The van der Waals surface area contributed by atoms with Crippen LogP contribution in [0.1, 0.15) is 54.4 Å². The average Bonchev–Trinajstić information content (AvgIpc) is 2.91. The molecule has 6 heteroatoms. The van der Waals surface area contributed by atoms with E-state index < -0.39 is 20.0 Å². The van der Waals surface area contributed by atoms with Gasteiger partial charge in [-0.2, -0.15) is 0 Å². The van der Waals surface area contributed by atoms with E-state index in [0.29, 0.717) is 6.42 Å². The number of aliphatic hydroxyl groups is 1. The Labute approximate surface area is 170 Å². The smallest absolute Gasteiger partial charge is 0.312 e. The van der Waals surface area contributed by atoms with Gasteiger partial charge in [-0.15, -0.1) is 0 Å². The predicted molar refractivity (Wildman–Crippen MR) is 111 cm³/mol. The fourth-order valence-electron chi connectivity index (χ4n) is 6.10. The molecule has 1 saturated carbocycles. The number of hydrogen-bond donors (Lipinski definition) is 1. The Morgan fingerprint density at radius 2 is 1.86 bits per heavy atom. The Hall–Kier alpha value is -0.693. The number of rotatable bonds is 6. The van der Waals surface area contributed by atoms with Crippen molar-refractivity contribution in [2.24, 2.45) is 17.3 Å². The van der Waals surface area contributed by atoms with E-state index in [-0.39, 0.29) is 35.4 Å². The van der Waals surface area contributed by atoms with Gasteiger partial charge in [0.25, 0.3) is 0 Å². The molecule has 2 bridgehead atoms. The molecule has 0 aromatic rings. The molecule has 160 valence electrons. The van der Waals surface area contributed by atoms with E-state index in [4.69, 9.17) is 13.9 Å². The first kappa shape index (κ1) is 22.0. The molecule has 0 aromatic heterocycles. The zero-order valence-electron chi connectivity index (χ0n) is 18.6. The van der Waals surface area contributed by atoms with Crippen molar-refractivity contribution in [3.05, 3.63) is 11.6 Å². The molecule has 1 saturated heterocycles. The van der Waals surface area contributed by atoms with Crippen molar-refractivity contribution < 1.29 is 23.8 Å². The SMILES string of the molecule is CC[Si](CC)(CC)O[C@H]1[C@@H]2C(=O)O[C@]3([C@H](O)C/C(C)=C\[C@@H]1OC)[C@H]2CC3(C)C. The first-order chi connectivity index (χ1) is 13.1. The minimum absolute atomic E-state index is 0.0239. The van der Waals surface area contributed by atoms with Crippen molar-refractivity contribution in [1.82, 2.24) is 0 Å². The first-order valence-electron chi connectivity index (χ1n) is 10.9. The fourth-order valence-corrected chi connectivity index (χ4v) is 8.96. The molecule has 0 spiro atoms. The largest absolute Gasteiger partial charge is 0.455 e. The average molecular weight is 411 g/mol. The summed E-state index contributed by atoms with van der Waals surface area (Å²) in [7, 11) is -0.286. The van der Waals surface area contributed by atoms with Gasteiger partial charge in [0.1, 0.15) is 11.7 Å². The van der Waals surface area contributed by atoms with Crippen LogP contribution in [0, 0.1) is 17.3 Å². The van der Waals surface area contributed by atoms with Crippen molar-refractivity contribution in [3.63, 3.8) is 0 Å². The van der Waals surface area contributed by atoms with Crippen molar-refractivity contribution in [2.75, 3.05) is 7.11 Å². The number of carbonyl (C=O) groups excluding carboxylic acids is 1. The molecular formula is C22H38O5Si. The normalized spacial score (nSPS) is 41.6. The van der Waals surface area contributed by atoms with Gasteiger partial charge in [-0.1, -0.05) is 46.3 Å². The second kappa shape index (κ2) is 7.53. The molecule has 3 aliphatic rings. The van der Waals surface area contributed by atoms with Gasteiger partial charge in [-0.05, 0) is 37.9 Å². The summed E-state index contributed by atoms with van der Waals surface area (Å²) in [4.78, 5) is 13.2. The number of esters is 1. The topological polar surface area (TPSA) is 65.0 Å². The summed E-state index contributed by atoms with van der Waals surface area (Å²) >= 11 is 0. The highest BCUT2D eigenvalue weighted by Crippen LogP contribution is 2.66. The number of methoxy groups -OCH3 is 1. The Kier molecular flexibility index (Phi) is 5.92. The summed E-state index contributed by atoms with van der Waals surface area (Å²) in [6.45, 7) is 12.8. The Morgan fingerprint density at radius 3 is 2.36 bits per heavy atom. The number of aliphatic hydroxyl groups excluding tert-OH is 1. The Bertz CT molecular complexity index is 633. The highest BCUT2D eigenvalue weighted by Gasteiger charge is 2.75. The monoisotopic (exact) mass is 410 g/mol. The van der Waals surface area contributed by atoms with E-state index in [1.165, 1.54) is 0 Å². The van der Waals surface area contributed by atoms with Crippen LogP contribution in [0.25, 0.3) is 0 Å². The van der Waals surface area contributed by atoms with Crippen molar-refractivity contribution >= 4 is 14.3 Å². The molecule has 5 nitrogen and oxygen atoms in total. The van der Waals surface area contributed by atoms with Gasteiger partial charge in [0, 0.05) is 18.4 Å². The third-order valence-electron chi connectivity index (χ3n) is 8.04. The minimum Gasteiger partial charge on any atom is -0.455 e. The molecule has 1 aliphatic heterocycles. The second-order valence-electron chi connectivity index (χ2n) is 9.69. The zero-order valence-corrected chi connectivity index (χ0v) is 19.6. The van der Waals surface area contributed by atoms with Crippen LogP contribution in [0.2, 0.25) is 18.1 Å². The van der Waals surface area contributed by atoms with E-state index in [0.717, 1.165) is 30.1 Å². The molecule has 1 heterocycles. The molecule has 3 rings (SSSR count). The standard InChI is InChI=1S/C22H38O5Si/c1-8-28(9-2,10-3)27-19-16(25-7)11-14(4)12-17(23)22-15(13-21(22,5)6)18(19)20(24)26-22/h11,15-19,23H,8-10,12-13H2,1-7H3/b14-11-/t15-,16-,17+,18+,19+,22-/m0/s1. The van der Waals surface area contributed by atoms with Gasteiger partial charge >= 0.3 is 5.97 Å². The number of hydrogen-bond acceptors (Lipinski definition) is 5. The molecule has 1 N–H and O–H groups in total. The maximum atomic E-state index is 13.2. The quantitative estimate of drug-likeness (QED) is 0.406.